The molecule has 0 saturated heterocycles. The molecule has 0 fully saturated rings. The zero-order chi connectivity index (χ0) is 16.8. The van der Waals surface area contributed by atoms with Crippen LogP contribution in [-0.4, -0.2) is 33.5 Å². The van der Waals surface area contributed by atoms with Gasteiger partial charge in [0.15, 0.2) is 0 Å². The van der Waals surface area contributed by atoms with Crippen molar-refractivity contribution in [3.05, 3.63) is 40.7 Å². The van der Waals surface area contributed by atoms with E-state index in [4.69, 9.17) is 4.74 Å². The standard InChI is InChI=1S/C15H17N3O3S2/c1-9-4-5-11(6-12(9)15(20)21-3)16-14(19)8-22-7-13-10(2)17-23-18-13/h4-6H,7-8H2,1-3H3,(H,16,19). The summed E-state index contributed by atoms with van der Waals surface area (Å²) >= 11 is 2.65. The first-order valence-corrected chi connectivity index (χ1v) is 8.74. The molecule has 0 radical (unpaired) electrons. The molecule has 1 N–H and O–H groups in total. The Hall–Kier alpha value is -1.93. The van der Waals surface area contributed by atoms with Crippen molar-refractivity contribution >= 4 is 41.1 Å². The average molecular weight is 351 g/mol. The van der Waals surface area contributed by atoms with Crippen molar-refractivity contribution in [3.63, 3.8) is 0 Å². The molecule has 2 rings (SSSR count). The van der Waals surface area contributed by atoms with Crippen LogP contribution < -0.4 is 5.32 Å². The second kappa shape index (κ2) is 8.07. The van der Waals surface area contributed by atoms with Crippen LogP contribution in [0.15, 0.2) is 18.2 Å². The van der Waals surface area contributed by atoms with E-state index >= 15 is 0 Å². The normalized spacial score (nSPS) is 10.4. The van der Waals surface area contributed by atoms with Crippen molar-refractivity contribution in [2.24, 2.45) is 0 Å². The zero-order valence-electron chi connectivity index (χ0n) is 13.1. The number of carbonyl (C=O) groups is 2. The Morgan fingerprint density at radius 2 is 2.09 bits per heavy atom. The Bertz CT molecular complexity index is 716. The number of aromatic nitrogens is 2. The number of aryl methyl sites for hydroxylation is 2. The third kappa shape index (κ3) is 4.77. The Balaban J connectivity index is 1.90. The molecule has 0 aliphatic heterocycles. The van der Waals surface area contributed by atoms with Gasteiger partial charge in [-0.2, -0.15) is 8.75 Å². The molecular formula is C15H17N3O3S2. The molecule has 1 heterocycles. The highest BCUT2D eigenvalue weighted by atomic mass is 32.2. The Kier molecular flexibility index (Phi) is 6.12. The number of amides is 1. The molecule has 0 saturated carbocycles. The zero-order valence-corrected chi connectivity index (χ0v) is 14.7. The third-order valence-electron chi connectivity index (χ3n) is 3.14. The topological polar surface area (TPSA) is 81.2 Å². The number of esters is 1. The third-order valence-corrected chi connectivity index (χ3v) is 4.75. The molecule has 0 atom stereocenters. The highest BCUT2D eigenvalue weighted by Gasteiger charge is 2.11. The molecule has 0 aliphatic carbocycles. The lowest BCUT2D eigenvalue weighted by Crippen LogP contribution is -2.15. The number of thioether (sulfide) groups is 1. The number of methoxy groups -OCH3 is 1. The van der Waals surface area contributed by atoms with E-state index in [1.165, 1.54) is 30.6 Å². The van der Waals surface area contributed by atoms with Crippen molar-refractivity contribution in [2.45, 2.75) is 19.6 Å². The monoisotopic (exact) mass is 351 g/mol. The summed E-state index contributed by atoms with van der Waals surface area (Å²) in [7, 11) is 1.33. The van der Waals surface area contributed by atoms with Crippen molar-refractivity contribution < 1.29 is 14.3 Å². The molecule has 0 aliphatic rings. The van der Waals surface area contributed by atoms with E-state index in [0.29, 0.717) is 22.8 Å². The lowest BCUT2D eigenvalue weighted by atomic mass is 10.1. The molecule has 23 heavy (non-hydrogen) atoms. The summed E-state index contributed by atoms with van der Waals surface area (Å²) in [5.41, 5.74) is 3.64. The van der Waals surface area contributed by atoms with Gasteiger partial charge in [0.1, 0.15) is 0 Å². The van der Waals surface area contributed by atoms with E-state index in [0.717, 1.165) is 17.0 Å². The number of benzene rings is 1. The molecule has 1 amide bonds. The molecule has 1 aromatic carbocycles. The highest BCUT2D eigenvalue weighted by molar-refractivity contribution is 7.99. The first-order valence-electron chi connectivity index (χ1n) is 6.86. The Morgan fingerprint density at radius 3 is 2.74 bits per heavy atom. The van der Waals surface area contributed by atoms with E-state index in [9.17, 15) is 9.59 Å². The summed E-state index contributed by atoms with van der Waals surface area (Å²) in [4.78, 5) is 23.6. The van der Waals surface area contributed by atoms with Gasteiger partial charge in [-0.25, -0.2) is 4.79 Å². The van der Waals surface area contributed by atoms with Crippen molar-refractivity contribution in [3.8, 4) is 0 Å². The summed E-state index contributed by atoms with van der Waals surface area (Å²) in [6, 6.07) is 5.16. The number of rotatable bonds is 6. The van der Waals surface area contributed by atoms with Gasteiger partial charge in [-0.15, -0.1) is 11.8 Å². The van der Waals surface area contributed by atoms with Gasteiger partial charge in [-0.3, -0.25) is 4.79 Å². The van der Waals surface area contributed by atoms with E-state index < -0.39 is 5.97 Å². The number of nitrogens with zero attached hydrogens (tertiary/aromatic N) is 2. The van der Waals surface area contributed by atoms with Crippen LogP contribution in [0.1, 0.15) is 27.3 Å². The second-order valence-electron chi connectivity index (χ2n) is 4.86. The number of carbonyl (C=O) groups excluding carboxylic acids is 2. The minimum Gasteiger partial charge on any atom is -0.465 e. The summed E-state index contributed by atoms with van der Waals surface area (Å²) in [5, 5.41) is 2.78. The summed E-state index contributed by atoms with van der Waals surface area (Å²) in [6.45, 7) is 3.72. The highest BCUT2D eigenvalue weighted by Crippen LogP contribution is 2.18. The van der Waals surface area contributed by atoms with Gasteiger partial charge in [0.2, 0.25) is 5.91 Å². The smallest absolute Gasteiger partial charge is 0.338 e. The van der Waals surface area contributed by atoms with Gasteiger partial charge in [-0.05, 0) is 31.5 Å². The van der Waals surface area contributed by atoms with Crippen molar-refractivity contribution in [1.29, 1.82) is 0 Å². The molecular weight excluding hydrogens is 334 g/mol. The van der Waals surface area contributed by atoms with Crippen LogP contribution in [0, 0.1) is 13.8 Å². The van der Waals surface area contributed by atoms with E-state index in [1.54, 1.807) is 18.2 Å². The molecule has 8 heteroatoms. The fraction of sp³-hybridized carbons (Fsp3) is 0.333. The van der Waals surface area contributed by atoms with Crippen LogP contribution in [0.5, 0.6) is 0 Å². The lowest BCUT2D eigenvalue weighted by Gasteiger charge is -2.09. The molecule has 2 aromatic rings. The fourth-order valence-corrected chi connectivity index (χ4v) is 3.32. The van der Waals surface area contributed by atoms with Gasteiger partial charge in [0.05, 0.1) is 41.5 Å². The molecule has 6 nitrogen and oxygen atoms in total. The van der Waals surface area contributed by atoms with Crippen molar-refractivity contribution in [2.75, 3.05) is 18.2 Å². The maximum atomic E-state index is 12.0. The molecule has 0 bridgehead atoms. The van der Waals surface area contributed by atoms with Crippen molar-refractivity contribution in [1.82, 2.24) is 8.75 Å². The predicted molar refractivity (Wildman–Crippen MR) is 92.0 cm³/mol. The minimum absolute atomic E-state index is 0.129. The maximum Gasteiger partial charge on any atom is 0.338 e. The number of ether oxygens (including phenoxy) is 1. The van der Waals surface area contributed by atoms with Gasteiger partial charge in [-0.1, -0.05) is 6.07 Å². The van der Waals surface area contributed by atoms with Crippen LogP contribution in [0.2, 0.25) is 0 Å². The van der Waals surface area contributed by atoms with Gasteiger partial charge < -0.3 is 10.1 Å². The Morgan fingerprint density at radius 1 is 1.30 bits per heavy atom. The summed E-state index contributed by atoms with van der Waals surface area (Å²) in [5.74, 6) is 0.408. The van der Waals surface area contributed by atoms with Crippen LogP contribution in [-0.2, 0) is 15.3 Å². The van der Waals surface area contributed by atoms with Crippen LogP contribution in [0.25, 0.3) is 0 Å². The first-order chi connectivity index (χ1) is 11.0. The average Bonchev–Trinajstić information content (AvgIpc) is 2.94. The predicted octanol–water partition coefficient (Wildman–Crippen LogP) is 2.81. The first kappa shape index (κ1) is 17.4. The largest absolute Gasteiger partial charge is 0.465 e. The van der Waals surface area contributed by atoms with E-state index in [2.05, 4.69) is 14.1 Å². The molecule has 0 spiro atoms. The van der Waals surface area contributed by atoms with Crippen LogP contribution >= 0.6 is 23.5 Å². The molecule has 1 aromatic heterocycles. The summed E-state index contributed by atoms with van der Waals surface area (Å²) < 4.78 is 13.0. The molecule has 122 valence electrons. The van der Waals surface area contributed by atoms with Crippen LogP contribution in [0.3, 0.4) is 0 Å². The van der Waals surface area contributed by atoms with Gasteiger partial charge >= 0.3 is 5.97 Å². The van der Waals surface area contributed by atoms with Gasteiger partial charge in [0, 0.05) is 11.4 Å². The fourth-order valence-electron chi connectivity index (χ4n) is 1.85. The second-order valence-corrected chi connectivity index (χ2v) is 6.37. The van der Waals surface area contributed by atoms with Crippen LogP contribution in [0.4, 0.5) is 5.69 Å². The number of anilines is 1. The maximum absolute atomic E-state index is 12.0. The molecule has 0 unspecified atom stereocenters. The van der Waals surface area contributed by atoms with Gasteiger partial charge in [0.25, 0.3) is 0 Å². The number of nitrogens with one attached hydrogen (secondary N) is 1. The lowest BCUT2D eigenvalue weighted by molar-refractivity contribution is -0.113. The summed E-state index contributed by atoms with van der Waals surface area (Å²) in [6.07, 6.45) is 0. The SMILES string of the molecule is COC(=O)c1cc(NC(=O)CSCc2nsnc2C)ccc1C. The van der Waals surface area contributed by atoms with E-state index in [-0.39, 0.29) is 5.91 Å². The number of hydrogen-bond donors (Lipinski definition) is 1. The quantitative estimate of drug-likeness (QED) is 0.806. The minimum atomic E-state index is -0.417. The number of hydrogen-bond acceptors (Lipinski definition) is 7. The Labute approximate surface area is 143 Å². The van der Waals surface area contributed by atoms with E-state index in [1.807, 2.05) is 13.8 Å².